The molecule has 150 valence electrons. The van der Waals surface area contributed by atoms with Gasteiger partial charge in [0.2, 0.25) is 5.91 Å². The highest BCUT2D eigenvalue weighted by molar-refractivity contribution is 6.44. The summed E-state index contributed by atoms with van der Waals surface area (Å²) in [6, 6.07) is 10.8. The Balaban J connectivity index is 1.61. The second-order valence-electron chi connectivity index (χ2n) is 6.61. The molecule has 1 aliphatic rings. The van der Waals surface area contributed by atoms with Crippen molar-refractivity contribution in [2.24, 2.45) is 0 Å². The fraction of sp³-hybridized carbons (Fsp3) is 0.350. The lowest BCUT2D eigenvalue weighted by Crippen LogP contribution is -2.52. The highest BCUT2D eigenvalue weighted by atomic mass is 35.5. The number of para-hydroxylation sites is 2. The Hall–Kier alpha value is -1.66. The van der Waals surface area contributed by atoms with Gasteiger partial charge in [-0.2, -0.15) is 0 Å². The van der Waals surface area contributed by atoms with Crippen LogP contribution in [0.1, 0.15) is 6.92 Å². The molecule has 0 aromatic heterocycles. The summed E-state index contributed by atoms with van der Waals surface area (Å²) >= 11 is 18.1. The summed E-state index contributed by atoms with van der Waals surface area (Å²) in [6.07, 6.45) is 0. The summed E-state index contributed by atoms with van der Waals surface area (Å²) < 4.78 is 5.45. The zero-order chi connectivity index (χ0) is 20.3. The number of nitrogens with one attached hydrogen (secondary N) is 1. The van der Waals surface area contributed by atoms with E-state index in [1.807, 2.05) is 25.1 Å². The van der Waals surface area contributed by atoms with Crippen LogP contribution in [0.25, 0.3) is 0 Å². The molecule has 8 heteroatoms. The van der Waals surface area contributed by atoms with E-state index >= 15 is 0 Å². The maximum absolute atomic E-state index is 12.7. The number of rotatable bonds is 5. The lowest BCUT2D eigenvalue weighted by molar-refractivity contribution is -0.120. The van der Waals surface area contributed by atoms with Gasteiger partial charge < -0.3 is 15.0 Å². The molecule has 0 saturated carbocycles. The Kier molecular flexibility index (Phi) is 6.94. The fourth-order valence-corrected chi connectivity index (χ4v) is 3.86. The van der Waals surface area contributed by atoms with E-state index in [2.05, 4.69) is 21.2 Å². The molecular weight excluding hydrogens is 421 g/mol. The maximum atomic E-state index is 12.7. The van der Waals surface area contributed by atoms with E-state index in [4.69, 9.17) is 39.5 Å². The van der Waals surface area contributed by atoms with Crippen LogP contribution in [0.2, 0.25) is 15.1 Å². The van der Waals surface area contributed by atoms with Crippen LogP contribution in [-0.4, -0.2) is 50.1 Å². The van der Waals surface area contributed by atoms with Crippen molar-refractivity contribution >= 4 is 52.1 Å². The van der Waals surface area contributed by atoms with E-state index in [0.29, 0.717) is 20.8 Å². The number of halogens is 3. The number of hydrogen-bond donors (Lipinski definition) is 1. The normalized spacial score (nSPS) is 16.0. The van der Waals surface area contributed by atoms with E-state index in [0.717, 1.165) is 37.6 Å². The minimum absolute atomic E-state index is 0.133. The maximum Gasteiger partial charge on any atom is 0.241 e. The largest absolute Gasteiger partial charge is 0.495 e. The average molecular weight is 443 g/mol. The van der Waals surface area contributed by atoms with Crippen molar-refractivity contribution in [1.82, 2.24) is 4.90 Å². The fourth-order valence-electron chi connectivity index (χ4n) is 3.26. The monoisotopic (exact) mass is 441 g/mol. The number of benzene rings is 2. The summed E-state index contributed by atoms with van der Waals surface area (Å²) in [7, 11) is 1.68. The van der Waals surface area contributed by atoms with Crippen molar-refractivity contribution in [3.8, 4) is 5.75 Å². The molecule has 1 fully saturated rings. The highest BCUT2D eigenvalue weighted by Gasteiger charge is 2.27. The third kappa shape index (κ3) is 4.66. The molecule has 1 heterocycles. The lowest BCUT2D eigenvalue weighted by Gasteiger charge is -2.38. The van der Waals surface area contributed by atoms with Gasteiger partial charge in [-0.05, 0) is 31.2 Å². The molecule has 0 spiro atoms. The molecule has 1 amide bonds. The van der Waals surface area contributed by atoms with Crippen LogP contribution >= 0.6 is 34.8 Å². The molecule has 1 atom stereocenters. The van der Waals surface area contributed by atoms with Gasteiger partial charge >= 0.3 is 0 Å². The molecule has 28 heavy (non-hydrogen) atoms. The molecule has 2 aromatic carbocycles. The molecule has 5 nitrogen and oxygen atoms in total. The number of piperazine rings is 1. The minimum atomic E-state index is -0.301. The molecule has 1 saturated heterocycles. The van der Waals surface area contributed by atoms with E-state index in [9.17, 15) is 4.79 Å². The predicted molar refractivity (Wildman–Crippen MR) is 116 cm³/mol. The number of nitrogens with zero attached hydrogens (tertiary/aromatic N) is 2. The van der Waals surface area contributed by atoms with Gasteiger partial charge in [0.05, 0.1) is 39.6 Å². The van der Waals surface area contributed by atoms with Crippen LogP contribution in [0.15, 0.2) is 36.4 Å². The van der Waals surface area contributed by atoms with E-state index < -0.39 is 0 Å². The number of amides is 1. The van der Waals surface area contributed by atoms with Crippen molar-refractivity contribution in [1.29, 1.82) is 0 Å². The van der Waals surface area contributed by atoms with Gasteiger partial charge in [-0.1, -0.05) is 46.9 Å². The van der Waals surface area contributed by atoms with Crippen LogP contribution < -0.4 is 15.0 Å². The molecule has 0 aliphatic carbocycles. The predicted octanol–water partition coefficient (Wildman–Crippen LogP) is 4.80. The van der Waals surface area contributed by atoms with Crippen molar-refractivity contribution in [2.45, 2.75) is 13.0 Å². The van der Waals surface area contributed by atoms with Crippen LogP contribution in [0.4, 0.5) is 11.4 Å². The third-order valence-corrected chi connectivity index (χ3v) is 5.97. The molecule has 1 N–H and O–H groups in total. The van der Waals surface area contributed by atoms with Gasteiger partial charge in [-0.25, -0.2) is 0 Å². The Morgan fingerprint density at radius 1 is 1.04 bits per heavy atom. The minimum Gasteiger partial charge on any atom is -0.495 e. The summed E-state index contributed by atoms with van der Waals surface area (Å²) in [5, 5.41) is 3.90. The molecule has 1 aliphatic heterocycles. The molecular formula is C20H22Cl3N3O2. The van der Waals surface area contributed by atoms with E-state index in [1.54, 1.807) is 13.2 Å². The number of anilines is 2. The van der Waals surface area contributed by atoms with Gasteiger partial charge in [0.15, 0.2) is 0 Å². The SMILES string of the molecule is COc1ccccc1N1CCN(C(C)C(=O)Nc2cc(Cl)c(Cl)cc2Cl)CC1. The summed E-state index contributed by atoms with van der Waals surface area (Å²) in [4.78, 5) is 17.1. The van der Waals surface area contributed by atoms with Crippen LogP contribution in [-0.2, 0) is 4.79 Å². The van der Waals surface area contributed by atoms with Crippen LogP contribution in [0, 0.1) is 0 Å². The lowest BCUT2D eigenvalue weighted by atomic mass is 10.2. The summed E-state index contributed by atoms with van der Waals surface area (Å²) in [5.74, 6) is 0.724. The number of hydrogen-bond acceptors (Lipinski definition) is 4. The number of carbonyl (C=O) groups is 1. The summed E-state index contributed by atoms with van der Waals surface area (Å²) in [6.45, 7) is 5.04. The van der Waals surface area contributed by atoms with E-state index in [1.165, 1.54) is 6.07 Å². The van der Waals surface area contributed by atoms with Crippen molar-refractivity contribution in [3.63, 3.8) is 0 Å². The first kappa shape index (κ1) is 21.1. The van der Waals surface area contributed by atoms with Crippen molar-refractivity contribution in [3.05, 3.63) is 51.5 Å². The van der Waals surface area contributed by atoms with Gasteiger partial charge in [0, 0.05) is 26.2 Å². The second kappa shape index (κ2) is 9.23. The van der Waals surface area contributed by atoms with Gasteiger partial charge in [0.25, 0.3) is 0 Å². The number of ether oxygens (including phenoxy) is 1. The van der Waals surface area contributed by atoms with Crippen LogP contribution in [0.3, 0.4) is 0 Å². The summed E-state index contributed by atoms with van der Waals surface area (Å²) in [5.41, 5.74) is 1.53. The Morgan fingerprint density at radius 3 is 2.36 bits per heavy atom. The highest BCUT2D eigenvalue weighted by Crippen LogP contribution is 2.32. The Bertz CT molecular complexity index is 855. The first-order valence-electron chi connectivity index (χ1n) is 8.98. The van der Waals surface area contributed by atoms with E-state index in [-0.39, 0.29) is 11.9 Å². The molecule has 0 radical (unpaired) electrons. The van der Waals surface area contributed by atoms with Gasteiger partial charge in [-0.3, -0.25) is 9.69 Å². The smallest absolute Gasteiger partial charge is 0.241 e. The Labute approximate surface area is 180 Å². The Morgan fingerprint density at radius 2 is 1.68 bits per heavy atom. The molecule has 1 unspecified atom stereocenters. The zero-order valence-corrected chi connectivity index (χ0v) is 18.0. The molecule has 0 bridgehead atoms. The quantitative estimate of drug-likeness (QED) is 0.675. The molecule has 3 rings (SSSR count). The average Bonchev–Trinajstić information content (AvgIpc) is 2.71. The van der Waals surface area contributed by atoms with Crippen LogP contribution in [0.5, 0.6) is 5.75 Å². The second-order valence-corrected chi connectivity index (χ2v) is 7.83. The standard InChI is InChI=1S/C20H22Cl3N3O2/c1-13(20(27)24-17-12-15(22)14(21)11-16(17)23)25-7-9-26(10-8-25)18-5-3-4-6-19(18)28-2/h3-6,11-13H,7-10H2,1-2H3,(H,24,27). The van der Waals surface area contributed by atoms with Gasteiger partial charge in [-0.15, -0.1) is 0 Å². The number of methoxy groups -OCH3 is 1. The van der Waals surface area contributed by atoms with Crippen molar-refractivity contribution in [2.75, 3.05) is 43.5 Å². The first-order valence-corrected chi connectivity index (χ1v) is 10.1. The van der Waals surface area contributed by atoms with Gasteiger partial charge in [0.1, 0.15) is 5.75 Å². The van der Waals surface area contributed by atoms with Crippen molar-refractivity contribution < 1.29 is 9.53 Å². The zero-order valence-electron chi connectivity index (χ0n) is 15.7. The number of carbonyl (C=O) groups excluding carboxylic acids is 1. The molecule has 2 aromatic rings. The first-order chi connectivity index (χ1) is 13.4. The third-order valence-electron chi connectivity index (χ3n) is 4.94. The topological polar surface area (TPSA) is 44.8 Å².